The van der Waals surface area contributed by atoms with Gasteiger partial charge in [-0.15, -0.1) is 0 Å². The summed E-state index contributed by atoms with van der Waals surface area (Å²) >= 11 is 0. The van der Waals surface area contributed by atoms with E-state index in [-0.39, 0.29) is 17.6 Å². The molecule has 4 nitrogen and oxygen atoms in total. The maximum Gasteiger partial charge on any atom is 0.220 e. The van der Waals surface area contributed by atoms with Crippen LogP contribution in [0, 0.1) is 11.7 Å². The Kier molecular flexibility index (Phi) is 4.50. The predicted octanol–water partition coefficient (Wildman–Crippen LogP) is 0.982. The maximum absolute atomic E-state index is 13.3. The number of halogens is 1. The SMILES string of the molecule is NCc1ccc(F)cc1CN1CCC(C(N)=O)CC1. The molecule has 2 rings (SSSR count). The quantitative estimate of drug-likeness (QED) is 0.852. The fraction of sp³-hybridized carbons (Fsp3) is 0.500. The zero-order valence-electron chi connectivity index (χ0n) is 10.9. The van der Waals surface area contributed by atoms with E-state index >= 15 is 0 Å². The summed E-state index contributed by atoms with van der Waals surface area (Å²) in [5.74, 6) is -0.468. The second-order valence-corrected chi connectivity index (χ2v) is 5.07. The summed E-state index contributed by atoms with van der Waals surface area (Å²) in [4.78, 5) is 13.3. The summed E-state index contributed by atoms with van der Waals surface area (Å²) in [7, 11) is 0. The lowest BCUT2D eigenvalue weighted by Crippen LogP contribution is -2.38. The number of piperidine rings is 1. The summed E-state index contributed by atoms with van der Waals surface area (Å²) < 4.78 is 13.3. The zero-order chi connectivity index (χ0) is 13.8. The largest absolute Gasteiger partial charge is 0.369 e. The molecule has 0 saturated carbocycles. The average Bonchev–Trinajstić information content (AvgIpc) is 2.39. The monoisotopic (exact) mass is 265 g/mol. The molecule has 1 heterocycles. The number of hydrogen-bond donors (Lipinski definition) is 2. The van der Waals surface area contributed by atoms with Crippen LogP contribution in [0.4, 0.5) is 4.39 Å². The highest BCUT2D eigenvalue weighted by Gasteiger charge is 2.23. The summed E-state index contributed by atoms with van der Waals surface area (Å²) in [5, 5.41) is 0. The van der Waals surface area contributed by atoms with E-state index in [1.165, 1.54) is 6.07 Å². The van der Waals surface area contributed by atoms with Crippen LogP contribution < -0.4 is 11.5 Å². The van der Waals surface area contributed by atoms with Gasteiger partial charge in [0.15, 0.2) is 0 Å². The maximum atomic E-state index is 13.3. The molecular formula is C14H20FN3O. The lowest BCUT2D eigenvalue weighted by atomic mass is 9.95. The van der Waals surface area contributed by atoms with Gasteiger partial charge in [-0.1, -0.05) is 6.07 Å². The molecule has 0 spiro atoms. The Morgan fingerprint density at radius 2 is 2.00 bits per heavy atom. The van der Waals surface area contributed by atoms with E-state index in [0.717, 1.165) is 37.1 Å². The van der Waals surface area contributed by atoms with Gasteiger partial charge in [0.1, 0.15) is 5.82 Å². The number of rotatable bonds is 4. The number of amides is 1. The Morgan fingerprint density at radius 3 is 2.58 bits per heavy atom. The Balaban J connectivity index is 1.99. The van der Waals surface area contributed by atoms with E-state index in [9.17, 15) is 9.18 Å². The molecule has 19 heavy (non-hydrogen) atoms. The number of likely N-dealkylation sites (tertiary alicyclic amines) is 1. The Bertz CT molecular complexity index is 456. The van der Waals surface area contributed by atoms with Gasteiger partial charge in [-0.3, -0.25) is 9.69 Å². The zero-order valence-corrected chi connectivity index (χ0v) is 10.9. The first-order valence-electron chi connectivity index (χ1n) is 6.59. The molecule has 0 aromatic heterocycles. The van der Waals surface area contributed by atoms with Gasteiger partial charge in [0.05, 0.1) is 0 Å². The van der Waals surface area contributed by atoms with Crippen molar-refractivity contribution in [2.45, 2.75) is 25.9 Å². The molecule has 1 aliphatic rings. The molecule has 1 fully saturated rings. The minimum absolute atomic E-state index is 0.0160. The number of nitrogens with zero attached hydrogens (tertiary/aromatic N) is 1. The summed E-state index contributed by atoms with van der Waals surface area (Å²) in [6.07, 6.45) is 1.56. The molecular weight excluding hydrogens is 245 g/mol. The first-order chi connectivity index (χ1) is 9.10. The minimum atomic E-state index is -0.237. The van der Waals surface area contributed by atoms with Crippen LogP contribution in [0.1, 0.15) is 24.0 Å². The van der Waals surface area contributed by atoms with E-state index in [4.69, 9.17) is 11.5 Å². The third-order valence-electron chi connectivity index (χ3n) is 3.77. The highest BCUT2D eigenvalue weighted by Crippen LogP contribution is 2.20. The fourth-order valence-corrected chi connectivity index (χ4v) is 2.56. The Labute approximate surface area is 112 Å². The molecule has 0 aliphatic carbocycles. The van der Waals surface area contributed by atoms with Crippen molar-refractivity contribution in [3.05, 3.63) is 35.1 Å². The number of nitrogens with two attached hydrogens (primary N) is 2. The standard InChI is InChI=1S/C14H20FN3O/c15-13-2-1-11(8-16)12(7-13)9-18-5-3-10(4-6-18)14(17)19/h1-2,7,10H,3-6,8-9,16H2,(H2,17,19). The topological polar surface area (TPSA) is 72.3 Å². The van der Waals surface area contributed by atoms with Gasteiger partial charge in [-0.2, -0.15) is 0 Å². The lowest BCUT2D eigenvalue weighted by Gasteiger charge is -2.31. The second kappa shape index (κ2) is 6.12. The van der Waals surface area contributed by atoms with Crippen molar-refractivity contribution < 1.29 is 9.18 Å². The van der Waals surface area contributed by atoms with E-state index in [1.54, 1.807) is 12.1 Å². The van der Waals surface area contributed by atoms with Crippen LogP contribution in [0.2, 0.25) is 0 Å². The first-order valence-corrected chi connectivity index (χ1v) is 6.59. The van der Waals surface area contributed by atoms with Crippen LogP contribution in [0.15, 0.2) is 18.2 Å². The molecule has 0 atom stereocenters. The molecule has 1 aliphatic heterocycles. The van der Waals surface area contributed by atoms with Gasteiger partial charge in [0.25, 0.3) is 0 Å². The van der Waals surface area contributed by atoms with Crippen LogP contribution in [0.3, 0.4) is 0 Å². The van der Waals surface area contributed by atoms with E-state index < -0.39 is 0 Å². The van der Waals surface area contributed by atoms with E-state index in [0.29, 0.717) is 13.1 Å². The van der Waals surface area contributed by atoms with Crippen molar-refractivity contribution in [2.24, 2.45) is 17.4 Å². The molecule has 1 aromatic carbocycles. The smallest absolute Gasteiger partial charge is 0.220 e. The average molecular weight is 265 g/mol. The first kappa shape index (κ1) is 14.0. The summed E-state index contributed by atoms with van der Waals surface area (Å²) in [6.45, 7) is 2.71. The normalized spacial score (nSPS) is 17.6. The van der Waals surface area contributed by atoms with Gasteiger partial charge in [-0.25, -0.2) is 4.39 Å². The van der Waals surface area contributed by atoms with Crippen molar-refractivity contribution in [3.63, 3.8) is 0 Å². The lowest BCUT2D eigenvalue weighted by molar-refractivity contribution is -0.123. The van der Waals surface area contributed by atoms with Gasteiger partial charge in [0, 0.05) is 19.0 Å². The van der Waals surface area contributed by atoms with Crippen LogP contribution >= 0.6 is 0 Å². The van der Waals surface area contributed by atoms with Gasteiger partial charge >= 0.3 is 0 Å². The van der Waals surface area contributed by atoms with E-state index in [1.807, 2.05) is 0 Å². The molecule has 0 bridgehead atoms. The highest BCUT2D eigenvalue weighted by molar-refractivity contribution is 5.76. The van der Waals surface area contributed by atoms with Gasteiger partial charge in [0.2, 0.25) is 5.91 Å². The second-order valence-electron chi connectivity index (χ2n) is 5.07. The predicted molar refractivity (Wildman–Crippen MR) is 71.5 cm³/mol. The number of carbonyl (C=O) groups excluding carboxylic acids is 1. The molecule has 5 heteroatoms. The van der Waals surface area contributed by atoms with Crippen LogP contribution in [0.5, 0.6) is 0 Å². The molecule has 1 saturated heterocycles. The highest BCUT2D eigenvalue weighted by atomic mass is 19.1. The number of hydrogen-bond acceptors (Lipinski definition) is 3. The van der Waals surface area contributed by atoms with Crippen molar-refractivity contribution >= 4 is 5.91 Å². The molecule has 0 unspecified atom stereocenters. The van der Waals surface area contributed by atoms with Crippen molar-refractivity contribution in [2.75, 3.05) is 13.1 Å². The fourth-order valence-electron chi connectivity index (χ4n) is 2.56. The number of benzene rings is 1. The molecule has 104 valence electrons. The van der Waals surface area contributed by atoms with Crippen molar-refractivity contribution in [1.82, 2.24) is 4.90 Å². The third kappa shape index (κ3) is 3.52. The summed E-state index contributed by atoms with van der Waals surface area (Å²) in [5.41, 5.74) is 12.9. The van der Waals surface area contributed by atoms with Gasteiger partial charge in [-0.05, 0) is 49.2 Å². The number of carbonyl (C=O) groups is 1. The van der Waals surface area contributed by atoms with Crippen LogP contribution in [-0.2, 0) is 17.9 Å². The molecule has 0 radical (unpaired) electrons. The van der Waals surface area contributed by atoms with Crippen LogP contribution in [-0.4, -0.2) is 23.9 Å². The Morgan fingerprint density at radius 1 is 1.32 bits per heavy atom. The van der Waals surface area contributed by atoms with Crippen molar-refractivity contribution in [1.29, 1.82) is 0 Å². The van der Waals surface area contributed by atoms with Crippen LogP contribution in [0.25, 0.3) is 0 Å². The minimum Gasteiger partial charge on any atom is -0.369 e. The van der Waals surface area contributed by atoms with Gasteiger partial charge < -0.3 is 11.5 Å². The molecule has 1 aromatic rings. The molecule has 4 N–H and O–H groups in total. The number of primary amides is 1. The molecule has 1 amide bonds. The summed E-state index contributed by atoms with van der Waals surface area (Å²) in [6, 6.07) is 4.72. The Hall–Kier alpha value is -1.46. The van der Waals surface area contributed by atoms with E-state index in [2.05, 4.69) is 4.90 Å². The third-order valence-corrected chi connectivity index (χ3v) is 3.77. The van der Waals surface area contributed by atoms with Crippen molar-refractivity contribution in [3.8, 4) is 0 Å².